The van der Waals surface area contributed by atoms with Gasteiger partial charge in [-0.3, -0.25) is 9.00 Å². The number of carbonyl (C=O) groups is 1. The second kappa shape index (κ2) is 7.94. The second-order valence-electron chi connectivity index (χ2n) is 3.12. The summed E-state index contributed by atoms with van der Waals surface area (Å²) in [5.74, 6) is 1.01. The molecule has 5 heteroatoms. The Labute approximate surface area is 88.1 Å². The molecule has 0 aliphatic rings. The van der Waals surface area contributed by atoms with Crippen LogP contribution in [0.15, 0.2) is 0 Å². The second-order valence-corrected chi connectivity index (χ2v) is 4.98. The fourth-order valence-electron chi connectivity index (χ4n) is 1.01. The third-order valence-electron chi connectivity index (χ3n) is 1.89. The smallest absolute Gasteiger partial charge is 0.236 e. The van der Waals surface area contributed by atoms with E-state index in [-0.39, 0.29) is 5.91 Å². The monoisotopic (exact) mass is 220 g/mol. The molecule has 84 valence electrons. The first kappa shape index (κ1) is 13.6. The first-order valence-electron chi connectivity index (χ1n) is 5.00. The zero-order valence-corrected chi connectivity index (χ0v) is 9.73. The van der Waals surface area contributed by atoms with E-state index in [0.29, 0.717) is 24.5 Å². The minimum atomic E-state index is -0.816. The lowest BCUT2D eigenvalue weighted by molar-refractivity contribution is -0.122. The van der Waals surface area contributed by atoms with Crippen LogP contribution in [0.1, 0.15) is 26.7 Å². The lowest BCUT2D eigenvalue weighted by atomic mass is 10.2. The Balaban J connectivity index is 3.58. The van der Waals surface area contributed by atoms with Crippen molar-refractivity contribution in [3.8, 4) is 0 Å². The Morgan fingerprint density at radius 1 is 1.50 bits per heavy atom. The molecule has 0 aliphatic carbocycles. The van der Waals surface area contributed by atoms with E-state index in [1.807, 2.05) is 13.8 Å². The Morgan fingerprint density at radius 2 is 2.14 bits per heavy atom. The molecule has 2 atom stereocenters. The number of rotatable bonds is 7. The predicted octanol–water partition coefficient (Wildman–Crippen LogP) is -0.00140. The number of nitrogens with one attached hydrogen (secondary N) is 1. The van der Waals surface area contributed by atoms with Gasteiger partial charge in [0, 0.05) is 28.9 Å². The highest BCUT2D eigenvalue weighted by Gasteiger charge is 2.11. The largest absolute Gasteiger partial charge is 0.354 e. The summed E-state index contributed by atoms with van der Waals surface area (Å²) < 4.78 is 11.0. The molecule has 2 unspecified atom stereocenters. The van der Waals surface area contributed by atoms with Gasteiger partial charge in [-0.15, -0.1) is 0 Å². The normalized spacial score (nSPS) is 14.8. The Kier molecular flexibility index (Phi) is 7.70. The summed E-state index contributed by atoms with van der Waals surface area (Å²) in [5, 5.41) is 2.68. The van der Waals surface area contributed by atoms with Gasteiger partial charge in [-0.2, -0.15) is 0 Å². The van der Waals surface area contributed by atoms with Crippen molar-refractivity contribution in [2.45, 2.75) is 32.7 Å². The lowest BCUT2D eigenvalue weighted by Crippen LogP contribution is -2.41. The van der Waals surface area contributed by atoms with Gasteiger partial charge in [0.15, 0.2) is 0 Å². The molecule has 0 saturated heterocycles. The molecule has 0 rings (SSSR count). The maximum Gasteiger partial charge on any atom is 0.236 e. The van der Waals surface area contributed by atoms with Gasteiger partial charge in [-0.25, -0.2) is 0 Å². The van der Waals surface area contributed by atoms with E-state index in [4.69, 9.17) is 5.73 Å². The summed E-state index contributed by atoms with van der Waals surface area (Å²) in [5.41, 5.74) is 5.59. The van der Waals surface area contributed by atoms with E-state index < -0.39 is 16.8 Å². The molecule has 0 aromatic heterocycles. The number of hydrogen-bond acceptors (Lipinski definition) is 3. The van der Waals surface area contributed by atoms with Crippen LogP contribution >= 0.6 is 0 Å². The predicted molar refractivity (Wildman–Crippen MR) is 59.4 cm³/mol. The van der Waals surface area contributed by atoms with Crippen LogP contribution in [0.3, 0.4) is 0 Å². The summed E-state index contributed by atoms with van der Waals surface area (Å²) in [6.07, 6.45) is 1.60. The van der Waals surface area contributed by atoms with Crippen molar-refractivity contribution in [3.63, 3.8) is 0 Å². The molecule has 0 saturated carbocycles. The van der Waals surface area contributed by atoms with Crippen molar-refractivity contribution >= 4 is 16.7 Å². The fourth-order valence-corrected chi connectivity index (χ4v) is 1.62. The zero-order valence-electron chi connectivity index (χ0n) is 8.91. The summed E-state index contributed by atoms with van der Waals surface area (Å²) in [4.78, 5) is 11.3. The molecule has 4 nitrogen and oxygen atoms in total. The fraction of sp³-hybridized carbons (Fsp3) is 0.889. The third-order valence-corrected chi connectivity index (χ3v) is 3.19. The molecule has 0 fully saturated rings. The van der Waals surface area contributed by atoms with Crippen molar-refractivity contribution in [2.24, 2.45) is 5.73 Å². The van der Waals surface area contributed by atoms with Crippen molar-refractivity contribution in [1.82, 2.24) is 5.32 Å². The molecule has 0 aliphatic heterocycles. The van der Waals surface area contributed by atoms with Gasteiger partial charge in [-0.1, -0.05) is 20.3 Å². The van der Waals surface area contributed by atoms with Gasteiger partial charge >= 0.3 is 0 Å². The molecule has 3 N–H and O–H groups in total. The van der Waals surface area contributed by atoms with Crippen LogP contribution in [0.25, 0.3) is 0 Å². The molecule has 0 radical (unpaired) electrons. The van der Waals surface area contributed by atoms with E-state index in [9.17, 15) is 9.00 Å². The third kappa shape index (κ3) is 6.10. The van der Waals surface area contributed by atoms with Crippen LogP contribution in [-0.2, 0) is 15.6 Å². The number of nitrogens with two attached hydrogens (primary N) is 1. The van der Waals surface area contributed by atoms with Crippen LogP contribution < -0.4 is 11.1 Å². The minimum absolute atomic E-state index is 0.139. The maximum absolute atomic E-state index is 11.3. The van der Waals surface area contributed by atoms with Crippen molar-refractivity contribution in [1.29, 1.82) is 0 Å². The SMILES string of the molecule is CCCC(N)C(=O)NCCS(=O)CC. The van der Waals surface area contributed by atoms with Crippen molar-refractivity contribution in [2.75, 3.05) is 18.1 Å². The number of hydrogen-bond donors (Lipinski definition) is 2. The van der Waals surface area contributed by atoms with Crippen LogP contribution in [0, 0.1) is 0 Å². The first-order valence-corrected chi connectivity index (χ1v) is 6.48. The van der Waals surface area contributed by atoms with E-state index in [0.717, 1.165) is 6.42 Å². The highest BCUT2D eigenvalue weighted by molar-refractivity contribution is 7.84. The Hall–Kier alpha value is -0.420. The van der Waals surface area contributed by atoms with Crippen LogP contribution in [-0.4, -0.2) is 34.2 Å². The molecule has 0 bridgehead atoms. The molecule has 0 spiro atoms. The molecule has 0 aromatic rings. The van der Waals surface area contributed by atoms with Crippen LogP contribution in [0.5, 0.6) is 0 Å². The number of amides is 1. The molecule has 14 heavy (non-hydrogen) atoms. The first-order chi connectivity index (χ1) is 6.61. The number of carbonyl (C=O) groups excluding carboxylic acids is 1. The average molecular weight is 220 g/mol. The highest BCUT2D eigenvalue weighted by Crippen LogP contribution is 1.92. The van der Waals surface area contributed by atoms with E-state index in [1.165, 1.54) is 0 Å². The van der Waals surface area contributed by atoms with Gasteiger partial charge in [0.05, 0.1) is 6.04 Å². The summed E-state index contributed by atoms with van der Waals surface area (Å²) in [6.45, 7) is 4.30. The van der Waals surface area contributed by atoms with E-state index in [2.05, 4.69) is 5.32 Å². The van der Waals surface area contributed by atoms with Crippen LogP contribution in [0.2, 0.25) is 0 Å². The zero-order chi connectivity index (χ0) is 11.0. The van der Waals surface area contributed by atoms with Gasteiger partial charge in [-0.05, 0) is 6.42 Å². The Bertz CT molecular complexity index is 197. The standard InChI is InChI=1S/C9H20N2O2S/c1-3-5-8(10)9(12)11-6-7-14(13)4-2/h8H,3-7,10H2,1-2H3,(H,11,12). The lowest BCUT2D eigenvalue weighted by Gasteiger charge is -2.10. The Morgan fingerprint density at radius 3 is 2.64 bits per heavy atom. The van der Waals surface area contributed by atoms with E-state index >= 15 is 0 Å². The summed E-state index contributed by atoms with van der Waals surface area (Å²) in [7, 11) is -0.816. The quantitative estimate of drug-likeness (QED) is 0.634. The highest BCUT2D eigenvalue weighted by atomic mass is 32.2. The summed E-state index contributed by atoms with van der Waals surface area (Å²) >= 11 is 0. The molecular weight excluding hydrogens is 200 g/mol. The van der Waals surface area contributed by atoms with E-state index in [1.54, 1.807) is 0 Å². The molecule has 1 amide bonds. The van der Waals surface area contributed by atoms with Gasteiger partial charge < -0.3 is 11.1 Å². The van der Waals surface area contributed by atoms with Crippen molar-refractivity contribution in [3.05, 3.63) is 0 Å². The van der Waals surface area contributed by atoms with Gasteiger partial charge in [0.25, 0.3) is 0 Å². The average Bonchev–Trinajstić information content (AvgIpc) is 2.17. The summed E-state index contributed by atoms with van der Waals surface area (Å²) in [6, 6.07) is -0.421. The maximum atomic E-state index is 11.3. The van der Waals surface area contributed by atoms with Crippen LogP contribution in [0.4, 0.5) is 0 Å². The molecule has 0 aromatic carbocycles. The molecular formula is C9H20N2O2S. The topological polar surface area (TPSA) is 72.2 Å². The van der Waals surface area contributed by atoms with Gasteiger partial charge in [0.2, 0.25) is 5.91 Å². The van der Waals surface area contributed by atoms with Gasteiger partial charge in [0.1, 0.15) is 0 Å². The minimum Gasteiger partial charge on any atom is -0.354 e. The molecule has 0 heterocycles. The van der Waals surface area contributed by atoms with Crippen molar-refractivity contribution < 1.29 is 9.00 Å².